The second-order valence-electron chi connectivity index (χ2n) is 3.40. The Balaban J connectivity index is 2.38. The van der Waals surface area contributed by atoms with Gasteiger partial charge in [-0.15, -0.1) is 0 Å². The lowest BCUT2D eigenvalue weighted by molar-refractivity contribution is -0.118. The molecule has 4 nitrogen and oxygen atoms in total. The minimum Gasteiger partial charge on any atom is -0.497 e. The first-order valence-electron chi connectivity index (χ1n) is 4.62. The standard InChI is InChI=1S/C11H10N2O2/c1-15-9-2-3-10-7(5-9)4-8(6-12)11(14)13-10/h2-3,5,8H,4H2,1H3,(H,13,14). The van der Waals surface area contributed by atoms with Crippen molar-refractivity contribution in [2.75, 3.05) is 12.4 Å². The zero-order valence-corrected chi connectivity index (χ0v) is 8.28. The van der Waals surface area contributed by atoms with E-state index in [0.717, 1.165) is 17.0 Å². The van der Waals surface area contributed by atoms with Gasteiger partial charge in [0, 0.05) is 5.69 Å². The zero-order chi connectivity index (χ0) is 10.8. The first-order valence-corrected chi connectivity index (χ1v) is 4.62. The third-order valence-corrected chi connectivity index (χ3v) is 2.47. The Morgan fingerprint density at radius 2 is 2.40 bits per heavy atom. The summed E-state index contributed by atoms with van der Waals surface area (Å²) in [6.07, 6.45) is 0.453. The van der Waals surface area contributed by atoms with Crippen molar-refractivity contribution in [2.45, 2.75) is 6.42 Å². The van der Waals surface area contributed by atoms with Crippen molar-refractivity contribution >= 4 is 11.6 Å². The Morgan fingerprint density at radius 3 is 3.07 bits per heavy atom. The monoisotopic (exact) mass is 202 g/mol. The maximum absolute atomic E-state index is 11.4. The lowest BCUT2D eigenvalue weighted by Gasteiger charge is -2.20. The molecule has 0 saturated heterocycles. The SMILES string of the molecule is COc1ccc2c(c1)CC(C#N)C(=O)N2. The fourth-order valence-corrected chi connectivity index (χ4v) is 1.62. The summed E-state index contributed by atoms with van der Waals surface area (Å²) in [7, 11) is 1.59. The van der Waals surface area contributed by atoms with E-state index in [9.17, 15) is 4.79 Å². The topological polar surface area (TPSA) is 62.1 Å². The molecule has 15 heavy (non-hydrogen) atoms. The Kier molecular flexibility index (Phi) is 2.30. The van der Waals surface area contributed by atoms with E-state index in [4.69, 9.17) is 10.00 Å². The van der Waals surface area contributed by atoms with Gasteiger partial charge in [0.25, 0.3) is 0 Å². The maximum Gasteiger partial charge on any atom is 0.242 e. The van der Waals surface area contributed by atoms with E-state index in [-0.39, 0.29) is 5.91 Å². The molecule has 1 atom stereocenters. The van der Waals surface area contributed by atoms with Crippen molar-refractivity contribution in [3.63, 3.8) is 0 Å². The van der Waals surface area contributed by atoms with Crippen LogP contribution >= 0.6 is 0 Å². The van der Waals surface area contributed by atoms with Crippen LogP contribution in [0.2, 0.25) is 0 Å². The van der Waals surface area contributed by atoms with Crippen LogP contribution in [0, 0.1) is 17.2 Å². The minimum absolute atomic E-state index is 0.227. The van der Waals surface area contributed by atoms with E-state index in [1.807, 2.05) is 12.1 Å². The van der Waals surface area contributed by atoms with E-state index < -0.39 is 5.92 Å². The number of nitrogens with one attached hydrogen (secondary N) is 1. The lowest BCUT2D eigenvalue weighted by Crippen LogP contribution is -2.28. The number of carbonyl (C=O) groups excluding carboxylic acids is 1. The highest BCUT2D eigenvalue weighted by atomic mass is 16.5. The second kappa shape index (κ2) is 3.62. The number of fused-ring (bicyclic) bond motifs is 1. The van der Waals surface area contributed by atoms with Gasteiger partial charge in [0.2, 0.25) is 5.91 Å². The number of rotatable bonds is 1. The summed E-state index contributed by atoms with van der Waals surface area (Å²) < 4.78 is 5.08. The van der Waals surface area contributed by atoms with E-state index in [1.54, 1.807) is 19.2 Å². The molecule has 0 saturated carbocycles. The van der Waals surface area contributed by atoms with Gasteiger partial charge in [0.05, 0.1) is 13.2 Å². The van der Waals surface area contributed by atoms with Crippen LogP contribution < -0.4 is 10.1 Å². The summed E-state index contributed by atoms with van der Waals surface area (Å²) in [6, 6.07) is 7.40. The van der Waals surface area contributed by atoms with Crippen LogP contribution in [0.3, 0.4) is 0 Å². The number of amides is 1. The Hall–Kier alpha value is -2.02. The van der Waals surface area contributed by atoms with E-state index in [0.29, 0.717) is 6.42 Å². The van der Waals surface area contributed by atoms with Crippen LogP contribution in [-0.4, -0.2) is 13.0 Å². The Labute approximate surface area is 87.5 Å². The van der Waals surface area contributed by atoms with Gasteiger partial charge in [-0.2, -0.15) is 5.26 Å². The summed E-state index contributed by atoms with van der Waals surface area (Å²) >= 11 is 0. The number of carbonyl (C=O) groups is 1. The first kappa shape index (κ1) is 9.53. The van der Waals surface area contributed by atoms with Crippen molar-refractivity contribution in [3.8, 4) is 11.8 Å². The molecule has 1 aliphatic heterocycles. The molecule has 0 bridgehead atoms. The summed E-state index contributed by atoms with van der Waals surface area (Å²) in [5.41, 5.74) is 1.72. The molecule has 1 unspecified atom stereocenters. The fraction of sp³-hybridized carbons (Fsp3) is 0.273. The Bertz CT molecular complexity index is 448. The molecule has 1 aliphatic rings. The molecule has 2 rings (SSSR count). The minimum atomic E-state index is -0.593. The van der Waals surface area contributed by atoms with Gasteiger partial charge < -0.3 is 10.1 Å². The molecular weight excluding hydrogens is 192 g/mol. The zero-order valence-electron chi connectivity index (χ0n) is 8.28. The first-order chi connectivity index (χ1) is 7.24. The second-order valence-corrected chi connectivity index (χ2v) is 3.40. The third kappa shape index (κ3) is 1.64. The van der Waals surface area contributed by atoms with Crippen LogP contribution in [0.15, 0.2) is 18.2 Å². The van der Waals surface area contributed by atoms with Gasteiger partial charge in [0.1, 0.15) is 11.7 Å². The van der Waals surface area contributed by atoms with Gasteiger partial charge in [-0.25, -0.2) is 0 Å². The quantitative estimate of drug-likeness (QED) is 0.747. The predicted molar refractivity (Wildman–Crippen MR) is 54.4 cm³/mol. The summed E-state index contributed by atoms with van der Waals surface area (Å²) in [6.45, 7) is 0. The van der Waals surface area contributed by atoms with Crippen LogP contribution in [0.4, 0.5) is 5.69 Å². The normalized spacial score (nSPS) is 18.7. The highest BCUT2D eigenvalue weighted by molar-refractivity contribution is 5.97. The molecule has 1 heterocycles. The van der Waals surface area contributed by atoms with E-state index in [1.165, 1.54) is 0 Å². The molecule has 1 aromatic carbocycles. The molecule has 0 aromatic heterocycles. The molecule has 4 heteroatoms. The molecule has 76 valence electrons. The average Bonchev–Trinajstić information content (AvgIpc) is 2.27. The van der Waals surface area contributed by atoms with E-state index in [2.05, 4.69) is 5.32 Å². The number of ether oxygens (including phenoxy) is 1. The van der Waals surface area contributed by atoms with Crippen LogP contribution in [-0.2, 0) is 11.2 Å². The molecule has 1 aromatic rings. The number of methoxy groups -OCH3 is 1. The highest BCUT2D eigenvalue weighted by Gasteiger charge is 2.25. The molecule has 0 aliphatic carbocycles. The molecule has 0 spiro atoms. The van der Waals surface area contributed by atoms with Crippen molar-refractivity contribution in [1.82, 2.24) is 0 Å². The molecule has 1 N–H and O–H groups in total. The number of anilines is 1. The van der Waals surface area contributed by atoms with Crippen LogP contribution in [0.1, 0.15) is 5.56 Å². The number of nitriles is 1. The summed E-state index contributed by atoms with van der Waals surface area (Å²) in [5.74, 6) is -0.0821. The van der Waals surface area contributed by atoms with Gasteiger partial charge in [-0.1, -0.05) is 0 Å². The maximum atomic E-state index is 11.4. The highest BCUT2D eigenvalue weighted by Crippen LogP contribution is 2.28. The number of benzene rings is 1. The number of nitrogens with zero attached hydrogens (tertiary/aromatic N) is 1. The van der Waals surface area contributed by atoms with Crippen molar-refractivity contribution < 1.29 is 9.53 Å². The smallest absolute Gasteiger partial charge is 0.242 e. The number of hydrogen-bond donors (Lipinski definition) is 1. The van der Waals surface area contributed by atoms with Crippen molar-refractivity contribution in [3.05, 3.63) is 23.8 Å². The van der Waals surface area contributed by atoms with Crippen molar-refractivity contribution in [1.29, 1.82) is 5.26 Å². The molecule has 0 fully saturated rings. The van der Waals surface area contributed by atoms with Crippen molar-refractivity contribution in [2.24, 2.45) is 5.92 Å². The predicted octanol–water partition coefficient (Wildman–Crippen LogP) is 1.33. The average molecular weight is 202 g/mol. The Morgan fingerprint density at radius 1 is 1.60 bits per heavy atom. The molecular formula is C11H10N2O2. The fourth-order valence-electron chi connectivity index (χ4n) is 1.62. The number of hydrogen-bond acceptors (Lipinski definition) is 3. The van der Waals surface area contributed by atoms with E-state index >= 15 is 0 Å². The largest absolute Gasteiger partial charge is 0.497 e. The van der Waals surface area contributed by atoms with Crippen LogP contribution in [0.25, 0.3) is 0 Å². The van der Waals surface area contributed by atoms with Gasteiger partial charge >= 0.3 is 0 Å². The third-order valence-electron chi connectivity index (χ3n) is 2.47. The summed E-state index contributed by atoms with van der Waals surface area (Å²) in [4.78, 5) is 11.4. The molecule has 0 radical (unpaired) electrons. The molecule has 1 amide bonds. The summed E-state index contributed by atoms with van der Waals surface area (Å²) in [5, 5.41) is 11.5. The van der Waals surface area contributed by atoms with Gasteiger partial charge in [-0.05, 0) is 30.2 Å². The van der Waals surface area contributed by atoms with Gasteiger partial charge in [-0.3, -0.25) is 4.79 Å². The van der Waals surface area contributed by atoms with Gasteiger partial charge in [0.15, 0.2) is 0 Å². The lowest BCUT2D eigenvalue weighted by atomic mass is 9.94. The van der Waals surface area contributed by atoms with Crippen LogP contribution in [0.5, 0.6) is 5.75 Å².